The number of hydrogen-bond donors (Lipinski definition) is 1. The molecule has 0 spiro atoms. The van der Waals surface area contributed by atoms with Gasteiger partial charge < -0.3 is 9.15 Å². The van der Waals surface area contributed by atoms with Crippen molar-refractivity contribution in [2.45, 2.75) is 6.92 Å². The highest BCUT2D eigenvalue weighted by Gasteiger charge is 2.13. The first kappa shape index (κ1) is 20.0. The molecule has 0 atom stereocenters. The normalized spacial score (nSPS) is 11.8. The van der Waals surface area contributed by atoms with Crippen molar-refractivity contribution in [3.8, 4) is 16.2 Å². The Morgan fingerprint density at radius 2 is 1.88 bits per heavy atom. The fourth-order valence-electron chi connectivity index (χ4n) is 3.52. The van der Waals surface area contributed by atoms with Crippen LogP contribution < -0.4 is 15.8 Å². The quantitative estimate of drug-likeness (QED) is 0.159. The van der Waals surface area contributed by atoms with E-state index >= 15 is 0 Å². The summed E-state index contributed by atoms with van der Waals surface area (Å²) >= 11 is 1.35. The predicted octanol–water partition coefficient (Wildman–Crippen LogP) is 5.91. The molecule has 0 saturated heterocycles. The molecule has 0 unspecified atom stereocenters. The number of methoxy groups -OCH3 is 1. The van der Waals surface area contributed by atoms with Crippen LogP contribution in [0.2, 0.25) is 0 Å². The molecule has 5 aromatic rings. The molecule has 3 aromatic carbocycles. The molecule has 0 fully saturated rings. The van der Waals surface area contributed by atoms with Crippen LogP contribution >= 0.6 is 11.3 Å². The first-order valence-electron chi connectivity index (χ1n) is 9.99. The molecule has 0 aliphatic heterocycles. The number of aromatic nitrogens is 1. The number of thiazole rings is 1. The zero-order valence-electron chi connectivity index (χ0n) is 17.5. The lowest BCUT2D eigenvalue weighted by atomic mass is 10.0. The van der Waals surface area contributed by atoms with Gasteiger partial charge in [-0.15, -0.1) is 0 Å². The largest absolute Gasteiger partial charge is 0.497 e. The Balaban J connectivity index is 1.45. The Labute approximate surface area is 187 Å². The predicted molar refractivity (Wildman–Crippen MR) is 130 cm³/mol. The minimum Gasteiger partial charge on any atom is -0.497 e. The Kier molecular flexibility index (Phi) is 5.17. The second-order valence-electron chi connectivity index (χ2n) is 7.21. The molecule has 2 aromatic heterocycles. The highest BCUT2D eigenvalue weighted by Crippen LogP contribution is 2.31. The lowest BCUT2D eigenvalue weighted by Crippen LogP contribution is -2.01. The second-order valence-corrected chi connectivity index (χ2v) is 8.24. The molecular weight excluding hydrogens is 422 g/mol. The van der Waals surface area contributed by atoms with E-state index in [1.807, 2.05) is 73.7 Å². The van der Waals surface area contributed by atoms with Gasteiger partial charge in [-0.1, -0.05) is 41.7 Å². The van der Waals surface area contributed by atoms with Gasteiger partial charge in [0.1, 0.15) is 11.3 Å². The smallest absolute Gasteiger partial charge is 0.345 e. The molecule has 32 heavy (non-hydrogen) atoms. The highest BCUT2D eigenvalue weighted by molar-refractivity contribution is 7.18. The lowest BCUT2D eigenvalue weighted by molar-refractivity contribution is 0.415. The van der Waals surface area contributed by atoms with E-state index in [0.29, 0.717) is 21.2 Å². The van der Waals surface area contributed by atoms with Gasteiger partial charge in [0, 0.05) is 11.6 Å². The van der Waals surface area contributed by atoms with Gasteiger partial charge in [-0.25, -0.2) is 9.78 Å². The summed E-state index contributed by atoms with van der Waals surface area (Å²) in [6.07, 6.45) is 1.66. The molecular formula is C25H19N3O3S. The van der Waals surface area contributed by atoms with Crippen LogP contribution in [0.25, 0.3) is 32.2 Å². The van der Waals surface area contributed by atoms with E-state index in [2.05, 4.69) is 15.5 Å². The van der Waals surface area contributed by atoms with Crippen LogP contribution in [0.15, 0.2) is 87.2 Å². The first-order chi connectivity index (χ1) is 15.6. The van der Waals surface area contributed by atoms with Crippen molar-refractivity contribution in [2.24, 2.45) is 5.10 Å². The molecule has 0 bridgehead atoms. The number of hydrazone groups is 1. The lowest BCUT2D eigenvalue weighted by Gasteiger charge is -2.04. The molecule has 7 heteroatoms. The Morgan fingerprint density at radius 3 is 2.69 bits per heavy atom. The molecule has 0 radical (unpaired) electrons. The minimum absolute atomic E-state index is 0.388. The van der Waals surface area contributed by atoms with Crippen LogP contribution in [0.1, 0.15) is 12.5 Å². The van der Waals surface area contributed by atoms with Gasteiger partial charge in [-0.2, -0.15) is 5.10 Å². The first-order valence-corrected chi connectivity index (χ1v) is 10.8. The number of nitrogens with one attached hydrogen (secondary N) is 1. The monoisotopic (exact) mass is 441 g/mol. The van der Waals surface area contributed by atoms with Crippen molar-refractivity contribution in [1.82, 2.24) is 4.98 Å². The van der Waals surface area contributed by atoms with Gasteiger partial charge in [0.25, 0.3) is 0 Å². The molecule has 0 saturated carbocycles. The van der Waals surface area contributed by atoms with Crippen molar-refractivity contribution in [2.75, 3.05) is 12.5 Å². The van der Waals surface area contributed by atoms with Crippen LogP contribution in [0.3, 0.4) is 0 Å². The number of rotatable bonds is 5. The number of hydrogen-bond acceptors (Lipinski definition) is 7. The average molecular weight is 442 g/mol. The summed E-state index contributed by atoms with van der Waals surface area (Å²) in [4.78, 5) is 17.7. The zero-order valence-corrected chi connectivity index (χ0v) is 18.3. The summed E-state index contributed by atoms with van der Waals surface area (Å²) in [6, 6.07) is 21.4. The van der Waals surface area contributed by atoms with Crippen molar-refractivity contribution >= 4 is 43.9 Å². The molecule has 0 amide bonds. The van der Waals surface area contributed by atoms with E-state index in [9.17, 15) is 4.79 Å². The van der Waals surface area contributed by atoms with Crippen LogP contribution in [-0.4, -0.2) is 17.8 Å². The van der Waals surface area contributed by atoms with Gasteiger partial charge in [-0.3, -0.25) is 5.43 Å². The number of anilines is 1. The number of benzene rings is 3. The van der Waals surface area contributed by atoms with Crippen molar-refractivity contribution in [1.29, 1.82) is 0 Å². The van der Waals surface area contributed by atoms with E-state index in [4.69, 9.17) is 9.15 Å². The summed E-state index contributed by atoms with van der Waals surface area (Å²) in [5.41, 5.74) is 5.42. The Morgan fingerprint density at radius 1 is 1.06 bits per heavy atom. The fraction of sp³-hybridized carbons (Fsp3) is 0.0800. The Bertz CT molecular complexity index is 1520. The number of fused-ring (bicyclic) bond motifs is 3. The maximum Gasteiger partial charge on any atom is 0.345 e. The summed E-state index contributed by atoms with van der Waals surface area (Å²) in [5.74, 6) is 0.793. The summed E-state index contributed by atoms with van der Waals surface area (Å²) in [6.45, 7) is 1.91. The van der Waals surface area contributed by atoms with Gasteiger partial charge >= 0.3 is 5.63 Å². The molecule has 158 valence electrons. The van der Waals surface area contributed by atoms with E-state index in [0.717, 1.165) is 33.2 Å². The third-order valence-corrected chi connectivity index (χ3v) is 6.18. The maximum atomic E-state index is 12.6. The zero-order chi connectivity index (χ0) is 22.1. The van der Waals surface area contributed by atoms with Gasteiger partial charge in [0.15, 0.2) is 0 Å². The third-order valence-electron chi connectivity index (χ3n) is 5.24. The summed E-state index contributed by atoms with van der Waals surface area (Å²) < 4.78 is 10.8. The van der Waals surface area contributed by atoms with E-state index in [-0.39, 0.29) is 5.63 Å². The van der Waals surface area contributed by atoms with E-state index < -0.39 is 0 Å². The van der Waals surface area contributed by atoms with E-state index in [1.165, 1.54) is 11.3 Å². The third kappa shape index (κ3) is 3.74. The van der Waals surface area contributed by atoms with Crippen LogP contribution in [-0.2, 0) is 0 Å². The van der Waals surface area contributed by atoms with Gasteiger partial charge in [0.05, 0.1) is 23.3 Å². The summed E-state index contributed by atoms with van der Waals surface area (Å²) in [7, 11) is 1.64. The fourth-order valence-corrected chi connectivity index (χ4v) is 4.28. The SMILES string of the molecule is COc1ccc(/C(C)=N/Nc2ncc(-c3cc4c(ccc5ccccc54)oc3=O)s2)cc1. The number of nitrogens with zero attached hydrogens (tertiary/aromatic N) is 2. The standard InChI is InChI=1S/C25H19N3O3S/c1-15(16-7-10-18(30-2)11-8-16)27-28-25-26-14-23(32-25)21-13-20-19-6-4-3-5-17(19)9-12-22(20)31-24(21)29/h3-14H,1-2H3,(H,26,28)/b27-15+. The van der Waals surface area contributed by atoms with Crippen molar-refractivity contribution < 1.29 is 9.15 Å². The molecule has 6 nitrogen and oxygen atoms in total. The molecule has 2 heterocycles. The van der Waals surface area contributed by atoms with Crippen LogP contribution in [0.5, 0.6) is 5.75 Å². The van der Waals surface area contributed by atoms with Crippen LogP contribution in [0.4, 0.5) is 5.13 Å². The minimum atomic E-state index is -0.388. The highest BCUT2D eigenvalue weighted by atomic mass is 32.1. The van der Waals surface area contributed by atoms with Crippen LogP contribution in [0, 0.1) is 0 Å². The topological polar surface area (TPSA) is 76.7 Å². The van der Waals surface area contributed by atoms with Gasteiger partial charge in [0.2, 0.25) is 5.13 Å². The van der Waals surface area contributed by atoms with Crippen molar-refractivity contribution in [3.63, 3.8) is 0 Å². The Hall–Kier alpha value is -3.97. The van der Waals surface area contributed by atoms with E-state index in [1.54, 1.807) is 13.3 Å². The maximum absolute atomic E-state index is 12.6. The average Bonchev–Trinajstić information content (AvgIpc) is 3.30. The molecule has 1 N–H and O–H groups in total. The van der Waals surface area contributed by atoms with Gasteiger partial charge in [-0.05, 0) is 59.7 Å². The molecule has 0 aliphatic rings. The summed E-state index contributed by atoms with van der Waals surface area (Å²) in [5, 5.41) is 8.03. The van der Waals surface area contributed by atoms with Crippen molar-refractivity contribution in [3.05, 3.63) is 88.9 Å². The second kappa shape index (κ2) is 8.28. The number of ether oxygens (including phenoxy) is 1. The molecule has 0 aliphatic carbocycles. The molecule has 5 rings (SSSR count).